The van der Waals surface area contributed by atoms with E-state index in [0.717, 1.165) is 10.6 Å². The molecule has 1 aromatic rings. The van der Waals surface area contributed by atoms with E-state index in [1.165, 1.54) is 11.8 Å². The van der Waals surface area contributed by atoms with E-state index in [4.69, 9.17) is 17.0 Å². The third-order valence-corrected chi connectivity index (χ3v) is 3.52. The lowest BCUT2D eigenvalue weighted by atomic mass is 10.2. The normalized spacial score (nSPS) is 14.8. The lowest BCUT2D eigenvalue weighted by molar-refractivity contribution is -0.125. The van der Waals surface area contributed by atoms with E-state index < -0.39 is 6.09 Å². The topological polar surface area (TPSA) is 58.6 Å². The van der Waals surface area contributed by atoms with Gasteiger partial charge in [-0.05, 0) is 5.56 Å². The molecule has 1 fully saturated rings. The van der Waals surface area contributed by atoms with Crippen LogP contribution < -0.4 is 5.43 Å². The third-order valence-electron chi connectivity index (χ3n) is 2.17. The Kier molecular flexibility index (Phi) is 4.16. The van der Waals surface area contributed by atoms with Gasteiger partial charge in [0.1, 0.15) is 6.61 Å². The first kappa shape index (κ1) is 12.8. The van der Waals surface area contributed by atoms with Crippen molar-refractivity contribution in [2.24, 2.45) is 0 Å². The minimum atomic E-state index is -0.697. The third kappa shape index (κ3) is 3.21. The number of hydrogen-bond acceptors (Lipinski definition) is 5. The molecule has 0 radical (unpaired) electrons. The molecule has 1 heterocycles. The quantitative estimate of drug-likeness (QED) is 0.855. The van der Waals surface area contributed by atoms with Gasteiger partial charge in [-0.3, -0.25) is 4.79 Å². The first-order valence-corrected chi connectivity index (χ1v) is 6.53. The van der Waals surface area contributed by atoms with Gasteiger partial charge < -0.3 is 4.74 Å². The molecule has 0 spiro atoms. The fourth-order valence-corrected chi connectivity index (χ4v) is 2.29. The van der Waals surface area contributed by atoms with Gasteiger partial charge in [-0.1, -0.05) is 54.3 Å². The van der Waals surface area contributed by atoms with E-state index in [1.54, 1.807) is 0 Å². The van der Waals surface area contributed by atoms with Gasteiger partial charge in [-0.2, -0.15) is 5.01 Å². The Hall–Kier alpha value is -1.60. The number of ether oxygens (including phenoxy) is 1. The number of nitrogens with zero attached hydrogens (tertiary/aromatic N) is 1. The second-order valence-electron chi connectivity index (χ2n) is 3.46. The number of rotatable bonds is 3. The summed E-state index contributed by atoms with van der Waals surface area (Å²) in [4.78, 5) is 22.8. The predicted molar refractivity (Wildman–Crippen MR) is 71.7 cm³/mol. The number of amides is 2. The number of benzene rings is 1. The van der Waals surface area contributed by atoms with Crippen molar-refractivity contribution in [1.82, 2.24) is 10.4 Å². The van der Waals surface area contributed by atoms with Crippen LogP contribution in [0.4, 0.5) is 4.79 Å². The Bertz CT molecular complexity index is 462. The van der Waals surface area contributed by atoms with E-state index in [2.05, 4.69) is 5.43 Å². The van der Waals surface area contributed by atoms with E-state index in [-0.39, 0.29) is 18.3 Å². The number of thiocarbonyl (C=S) groups is 1. The molecule has 0 saturated carbocycles. The highest BCUT2D eigenvalue weighted by molar-refractivity contribution is 8.23. The fourth-order valence-electron chi connectivity index (χ4n) is 1.31. The Morgan fingerprint density at radius 3 is 2.78 bits per heavy atom. The van der Waals surface area contributed by atoms with Crippen LogP contribution in [0.1, 0.15) is 5.56 Å². The molecule has 1 aromatic carbocycles. The van der Waals surface area contributed by atoms with Gasteiger partial charge >= 0.3 is 6.09 Å². The summed E-state index contributed by atoms with van der Waals surface area (Å²) in [5.74, 6) is -0.000646. The zero-order chi connectivity index (χ0) is 13.0. The maximum atomic E-state index is 11.5. The van der Waals surface area contributed by atoms with Crippen molar-refractivity contribution in [3.63, 3.8) is 0 Å². The molecular weight excluding hydrogens is 272 g/mol. The van der Waals surface area contributed by atoms with Gasteiger partial charge in [0, 0.05) is 0 Å². The van der Waals surface area contributed by atoms with Gasteiger partial charge in [0.05, 0.1) is 5.75 Å². The zero-order valence-electron chi connectivity index (χ0n) is 9.29. The van der Waals surface area contributed by atoms with Gasteiger partial charge in [0.15, 0.2) is 4.32 Å². The van der Waals surface area contributed by atoms with E-state index in [1.807, 2.05) is 30.3 Å². The second kappa shape index (κ2) is 5.83. The lowest BCUT2D eigenvalue weighted by Gasteiger charge is -2.15. The van der Waals surface area contributed by atoms with Crippen molar-refractivity contribution < 1.29 is 14.3 Å². The number of carbonyl (C=O) groups is 2. The fraction of sp³-hybridized carbons (Fsp3) is 0.182. The summed E-state index contributed by atoms with van der Waals surface area (Å²) in [7, 11) is 0. The summed E-state index contributed by atoms with van der Waals surface area (Å²) in [6, 6.07) is 9.27. The largest absolute Gasteiger partial charge is 0.443 e. The van der Waals surface area contributed by atoms with Crippen molar-refractivity contribution >= 4 is 40.3 Å². The summed E-state index contributed by atoms with van der Waals surface area (Å²) in [6.45, 7) is 0.147. The van der Waals surface area contributed by atoms with Gasteiger partial charge in [-0.15, -0.1) is 0 Å². The van der Waals surface area contributed by atoms with Crippen LogP contribution in [0.15, 0.2) is 30.3 Å². The van der Waals surface area contributed by atoms with Gasteiger partial charge in [-0.25, -0.2) is 10.2 Å². The molecule has 2 rings (SSSR count). The van der Waals surface area contributed by atoms with Crippen molar-refractivity contribution in [2.45, 2.75) is 6.61 Å². The Labute approximate surface area is 113 Å². The minimum absolute atomic E-state index is 0.147. The van der Waals surface area contributed by atoms with Crippen LogP contribution in [0.2, 0.25) is 0 Å². The van der Waals surface area contributed by atoms with Crippen LogP contribution in [-0.2, 0) is 16.1 Å². The van der Waals surface area contributed by atoms with E-state index in [9.17, 15) is 9.59 Å². The summed E-state index contributed by atoms with van der Waals surface area (Å²) in [6.07, 6.45) is -0.697. The minimum Gasteiger partial charge on any atom is -0.443 e. The summed E-state index contributed by atoms with van der Waals surface area (Å²) < 4.78 is 5.30. The lowest BCUT2D eigenvalue weighted by Crippen LogP contribution is -2.45. The molecule has 1 aliphatic heterocycles. The number of nitrogens with one attached hydrogen (secondary N) is 1. The average Bonchev–Trinajstić information content (AvgIpc) is 2.69. The summed E-state index contributed by atoms with van der Waals surface area (Å²) in [5.41, 5.74) is 3.18. The molecule has 1 saturated heterocycles. The van der Waals surface area contributed by atoms with Crippen LogP contribution in [0.25, 0.3) is 0 Å². The van der Waals surface area contributed by atoms with Crippen LogP contribution in [0, 0.1) is 0 Å². The highest BCUT2D eigenvalue weighted by Gasteiger charge is 2.28. The Balaban J connectivity index is 1.82. The van der Waals surface area contributed by atoms with E-state index >= 15 is 0 Å². The zero-order valence-corrected chi connectivity index (χ0v) is 10.9. The van der Waals surface area contributed by atoms with Gasteiger partial charge in [0.25, 0.3) is 5.91 Å². The first-order chi connectivity index (χ1) is 8.66. The summed E-state index contributed by atoms with van der Waals surface area (Å²) in [5, 5.41) is 1.04. The molecule has 1 N–H and O–H groups in total. The predicted octanol–water partition coefficient (Wildman–Crippen LogP) is 1.69. The van der Waals surface area contributed by atoms with Crippen molar-refractivity contribution in [1.29, 1.82) is 0 Å². The monoisotopic (exact) mass is 282 g/mol. The van der Waals surface area contributed by atoms with E-state index in [0.29, 0.717) is 4.32 Å². The first-order valence-electron chi connectivity index (χ1n) is 5.14. The molecule has 0 bridgehead atoms. The second-order valence-corrected chi connectivity index (χ2v) is 5.07. The smallest absolute Gasteiger partial charge is 0.426 e. The number of thioether (sulfide) groups is 1. The molecule has 7 heteroatoms. The molecule has 0 aliphatic carbocycles. The highest BCUT2D eigenvalue weighted by atomic mass is 32.2. The molecular formula is C11H10N2O3S2. The summed E-state index contributed by atoms with van der Waals surface area (Å²) >= 11 is 6.12. The Morgan fingerprint density at radius 2 is 2.17 bits per heavy atom. The van der Waals surface area contributed by atoms with Gasteiger partial charge in [0.2, 0.25) is 0 Å². The highest BCUT2D eigenvalue weighted by Crippen LogP contribution is 2.16. The van der Waals surface area contributed by atoms with Crippen LogP contribution >= 0.6 is 24.0 Å². The molecule has 5 nitrogen and oxygen atoms in total. The van der Waals surface area contributed by atoms with Crippen LogP contribution in [-0.4, -0.2) is 27.1 Å². The van der Waals surface area contributed by atoms with Crippen LogP contribution in [0.5, 0.6) is 0 Å². The van der Waals surface area contributed by atoms with Crippen molar-refractivity contribution in [3.05, 3.63) is 35.9 Å². The maximum absolute atomic E-state index is 11.5. The molecule has 2 amide bonds. The standard InChI is InChI=1S/C11H10N2O3S2/c14-9-7-18-11(17)13(9)12-10(15)16-6-8-4-2-1-3-5-8/h1-5H,6-7H2,(H,12,15). The number of hydrogen-bond donors (Lipinski definition) is 1. The van der Waals surface area contributed by atoms with Crippen LogP contribution in [0.3, 0.4) is 0 Å². The molecule has 0 aromatic heterocycles. The molecule has 0 atom stereocenters. The van der Waals surface area contributed by atoms with Crippen molar-refractivity contribution in [3.8, 4) is 0 Å². The Morgan fingerprint density at radius 1 is 1.44 bits per heavy atom. The molecule has 1 aliphatic rings. The average molecular weight is 282 g/mol. The molecule has 18 heavy (non-hydrogen) atoms. The number of carbonyl (C=O) groups excluding carboxylic acids is 2. The molecule has 0 unspecified atom stereocenters. The molecule has 94 valence electrons. The SMILES string of the molecule is O=C(NN1C(=O)CSC1=S)OCc1ccccc1. The van der Waals surface area contributed by atoms with Crippen molar-refractivity contribution in [2.75, 3.05) is 5.75 Å². The maximum Gasteiger partial charge on any atom is 0.426 e. The number of hydrazine groups is 1.